The molecule has 3 N–H and O–H groups in total. The van der Waals surface area contributed by atoms with Gasteiger partial charge in [-0.2, -0.15) is 0 Å². The number of fused-ring (bicyclic) bond motifs is 3. The third-order valence-electron chi connectivity index (χ3n) is 6.68. The molecular weight excluding hydrogens is 432 g/mol. The molecule has 1 unspecified atom stereocenters. The van der Waals surface area contributed by atoms with E-state index in [4.69, 9.17) is 11.2 Å². The second-order valence-corrected chi connectivity index (χ2v) is 8.44. The highest BCUT2D eigenvalue weighted by Gasteiger charge is 2.37. The summed E-state index contributed by atoms with van der Waals surface area (Å²) in [6.07, 6.45) is 5.28. The van der Waals surface area contributed by atoms with Crippen molar-refractivity contribution in [3.8, 4) is 23.5 Å². The fourth-order valence-electron chi connectivity index (χ4n) is 4.42. The van der Waals surface area contributed by atoms with Gasteiger partial charge in [0.15, 0.2) is 0 Å². The molecule has 34 heavy (non-hydrogen) atoms. The molecular formula is C27H30N2O5. The Hall–Kier alpha value is -3.79. The Kier molecular flexibility index (Phi) is 7.95. The van der Waals surface area contributed by atoms with Gasteiger partial charge in [-0.05, 0) is 35.1 Å². The van der Waals surface area contributed by atoms with Gasteiger partial charge < -0.3 is 20.5 Å². The number of hydrogen-bond donors (Lipinski definition) is 3. The predicted molar refractivity (Wildman–Crippen MR) is 129 cm³/mol. The van der Waals surface area contributed by atoms with Crippen molar-refractivity contribution in [2.45, 2.75) is 45.1 Å². The number of benzene rings is 2. The normalized spacial score (nSPS) is 13.2. The van der Waals surface area contributed by atoms with Crippen molar-refractivity contribution >= 4 is 18.0 Å². The summed E-state index contributed by atoms with van der Waals surface area (Å²) < 4.78 is 5.56. The van der Waals surface area contributed by atoms with Crippen LogP contribution in [0.3, 0.4) is 0 Å². The van der Waals surface area contributed by atoms with E-state index in [-0.39, 0.29) is 25.5 Å². The summed E-state index contributed by atoms with van der Waals surface area (Å²) in [6, 6.07) is 15.0. The van der Waals surface area contributed by atoms with Gasteiger partial charge in [-0.1, -0.05) is 62.4 Å². The first-order valence-electron chi connectivity index (χ1n) is 11.4. The number of carboxylic acid groups (broad SMARTS) is 1. The van der Waals surface area contributed by atoms with Crippen LogP contribution in [-0.2, 0) is 14.3 Å². The molecule has 7 nitrogen and oxygen atoms in total. The second kappa shape index (κ2) is 10.9. The van der Waals surface area contributed by atoms with Crippen LogP contribution < -0.4 is 10.6 Å². The van der Waals surface area contributed by atoms with E-state index in [2.05, 4.69) is 28.7 Å². The molecule has 1 aliphatic rings. The number of ether oxygens (including phenoxy) is 1. The maximum atomic E-state index is 12.9. The molecule has 0 bridgehead atoms. The molecule has 0 aliphatic heterocycles. The number of terminal acetylenes is 1. The highest BCUT2D eigenvalue weighted by Crippen LogP contribution is 2.44. The fourth-order valence-corrected chi connectivity index (χ4v) is 4.42. The van der Waals surface area contributed by atoms with Crippen molar-refractivity contribution in [1.29, 1.82) is 0 Å². The standard InChI is InChI=1S/C27H30N2O5/c1-4-11-23(24(30)31)29-25(32)27(5-2,6-3)17-28-26(33)34-16-22-20-14-9-7-12-18(20)19-13-8-10-15-21(19)22/h1,7-10,12-15,22-23H,5-6,11,16-17H2,2-3H3,(H,28,33)(H,29,32)(H,30,31). The zero-order chi connectivity index (χ0) is 24.7. The van der Waals surface area contributed by atoms with Crippen LogP contribution in [0.5, 0.6) is 0 Å². The molecule has 178 valence electrons. The first-order valence-corrected chi connectivity index (χ1v) is 11.4. The smallest absolute Gasteiger partial charge is 0.407 e. The van der Waals surface area contributed by atoms with E-state index in [1.54, 1.807) is 0 Å². The maximum Gasteiger partial charge on any atom is 0.407 e. The summed E-state index contributed by atoms with van der Waals surface area (Å²) >= 11 is 0. The molecule has 2 aromatic carbocycles. The quantitative estimate of drug-likeness (QED) is 0.464. The monoisotopic (exact) mass is 462 g/mol. The fraction of sp³-hybridized carbons (Fsp3) is 0.370. The van der Waals surface area contributed by atoms with E-state index in [1.165, 1.54) is 0 Å². The van der Waals surface area contributed by atoms with E-state index >= 15 is 0 Å². The predicted octanol–water partition coefficient (Wildman–Crippen LogP) is 3.92. The van der Waals surface area contributed by atoms with Crippen molar-refractivity contribution in [2.75, 3.05) is 13.2 Å². The highest BCUT2D eigenvalue weighted by atomic mass is 16.5. The Morgan fingerprint density at radius 1 is 1.06 bits per heavy atom. The van der Waals surface area contributed by atoms with E-state index < -0.39 is 29.4 Å². The van der Waals surface area contributed by atoms with Crippen molar-refractivity contribution in [3.05, 3.63) is 59.7 Å². The number of rotatable bonds is 10. The lowest BCUT2D eigenvalue weighted by atomic mass is 9.81. The minimum atomic E-state index is -1.20. The van der Waals surface area contributed by atoms with Crippen molar-refractivity contribution in [3.63, 3.8) is 0 Å². The summed E-state index contributed by atoms with van der Waals surface area (Å²) in [5.74, 6) is 0.542. The van der Waals surface area contributed by atoms with Crippen molar-refractivity contribution in [1.82, 2.24) is 10.6 Å². The van der Waals surface area contributed by atoms with Crippen LogP contribution in [0.1, 0.15) is 50.2 Å². The minimum absolute atomic E-state index is 0.0187. The van der Waals surface area contributed by atoms with Gasteiger partial charge in [0.2, 0.25) is 5.91 Å². The molecule has 0 saturated heterocycles. The minimum Gasteiger partial charge on any atom is -0.480 e. The molecule has 1 atom stereocenters. The SMILES string of the molecule is C#CCC(NC(=O)C(CC)(CC)CNC(=O)OCC1c2ccccc2-c2ccccc21)C(=O)O. The lowest BCUT2D eigenvalue weighted by Gasteiger charge is -2.31. The van der Waals surface area contributed by atoms with Gasteiger partial charge in [0.05, 0.1) is 5.41 Å². The topological polar surface area (TPSA) is 105 Å². The van der Waals surface area contributed by atoms with E-state index in [0.717, 1.165) is 22.3 Å². The van der Waals surface area contributed by atoms with Gasteiger partial charge in [0.25, 0.3) is 0 Å². The van der Waals surface area contributed by atoms with Crippen LogP contribution in [0.25, 0.3) is 11.1 Å². The molecule has 2 amide bonds. The second-order valence-electron chi connectivity index (χ2n) is 8.44. The Morgan fingerprint density at radius 3 is 2.12 bits per heavy atom. The number of aliphatic carboxylic acids is 1. The molecule has 0 fully saturated rings. The lowest BCUT2D eigenvalue weighted by Crippen LogP contribution is -2.52. The molecule has 0 aromatic heterocycles. The Bertz CT molecular complexity index is 1050. The van der Waals surface area contributed by atoms with Gasteiger partial charge in [0, 0.05) is 18.9 Å². The Balaban J connectivity index is 1.64. The van der Waals surface area contributed by atoms with Crippen LogP contribution >= 0.6 is 0 Å². The summed E-state index contributed by atoms with van der Waals surface area (Å²) in [4.78, 5) is 36.9. The number of carboxylic acids is 1. The molecule has 7 heteroatoms. The summed E-state index contributed by atoms with van der Waals surface area (Å²) in [7, 11) is 0. The van der Waals surface area contributed by atoms with E-state index in [9.17, 15) is 19.5 Å². The number of nitrogens with one attached hydrogen (secondary N) is 2. The molecule has 3 rings (SSSR count). The van der Waals surface area contributed by atoms with Crippen LogP contribution in [-0.4, -0.2) is 42.3 Å². The van der Waals surface area contributed by atoms with Crippen LogP contribution in [0.4, 0.5) is 4.79 Å². The van der Waals surface area contributed by atoms with Crippen molar-refractivity contribution in [2.24, 2.45) is 5.41 Å². The van der Waals surface area contributed by atoms with Crippen LogP contribution in [0, 0.1) is 17.8 Å². The Labute approximate surface area is 199 Å². The lowest BCUT2D eigenvalue weighted by molar-refractivity contribution is -0.144. The summed E-state index contributed by atoms with van der Waals surface area (Å²) in [5, 5.41) is 14.5. The third kappa shape index (κ3) is 5.07. The maximum absolute atomic E-state index is 12.9. The van der Waals surface area contributed by atoms with Gasteiger partial charge in [-0.25, -0.2) is 9.59 Å². The number of hydrogen-bond acceptors (Lipinski definition) is 4. The summed E-state index contributed by atoms with van der Waals surface area (Å²) in [5.41, 5.74) is 3.52. The first-order chi connectivity index (χ1) is 16.4. The van der Waals surface area contributed by atoms with E-state index in [0.29, 0.717) is 12.8 Å². The zero-order valence-electron chi connectivity index (χ0n) is 19.5. The number of amides is 2. The van der Waals surface area contributed by atoms with Gasteiger partial charge in [-0.3, -0.25) is 4.79 Å². The van der Waals surface area contributed by atoms with Crippen molar-refractivity contribution < 1.29 is 24.2 Å². The molecule has 0 spiro atoms. The van der Waals surface area contributed by atoms with Gasteiger partial charge in [0.1, 0.15) is 12.6 Å². The largest absolute Gasteiger partial charge is 0.480 e. The molecule has 1 aliphatic carbocycles. The highest BCUT2D eigenvalue weighted by molar-refractivity contribution is 5.88. The molecule has 0 saturated carbocycles. The number of carbonyl (C=O) groups is 3. The summed E-state index contributed by atoms with van der Waals surface area (Å²) in [6.45, 7) is 3.82. The molecule has 2 aromatic rings. The average molecular weight is 463 g/mol. The number of carbonyl (C=O) groups excluding carboxylic acids is 2. The van der Waals surface area contributed by atoms with Gasteiger partial charge in [-0.15, -0.1) is 12.3 Å². The van der Waals surface area contributed by atoms with E-state index in [1.807, 2.05) is 50.2 Å². The van der Waals surface area contributed by atoms with Crippen LogP contribution in [0.15, 0.2) is 48.5 Å². The first kappa shape index (κ1) is 24.8. The average Bonchev–Trinajstić information content (AvgIpc) is 3.17. The third-order valence-corrected chi connectivity index (χ3v) is 6.68. The zero-order valence-corrected chi connectivity index (χ0v) is 19.5. The van der Waals surface area contributed by atoms with Crippen LogP contribution in [0.2, 0.25) is 0 Å². The molecule has 0 radical (unpaired) electrons. The number of alkyl carbamates (subject to hydrolysis) is 1. The van der Waals surface area contributed by atoms with Gasteiger partial charge >= 0.3 is 12.1 Å². The molecule has 0 heterocycles. The Morgan fingerprint density at radius 2 is 1.62 bits per heavy atom.